The van der Waals surface area contributed by atoms with Crippen LogP contribution in [-0.2, 0) is 13.7 Å². The molecule has 0 saturated heterocycles. The predicted octanol–water partition coefficient (Wildman–Crippen LogP) is 4.87. The zero-order valence-electron chi connectivity index (χ0n) is 20.3. The zero-order valence-corrected chi connectivity index (χ0v) is 20.0. The molecule has 0 aromatic rings. The van der Waals surface area contributed by atoms with Crippen molar-refractivity contribution in [3.05, 3.63) is 24.3 Å². The molecule has 0 aromatic heterocycles. The molecule has 6 unspecified atom stereocenters. The lowest BCUT2D eigenvalue weighted by atomic mass is 9.70. The first kappa shape index (κ1) is 19.7. The first-order valence-electron chi connectivity index (χ1n) is 12.8. The molecule has 5 rings (SSSR count). The summed E-state index contributed by atoms with van der Waals surface area (Å²) in [6.45, 7) is 2.48. The van der Waals surface area contributed by atoms with Gasteiger partial charge in [-0.2, -0.15) is 0 Å². The van der Waals surface area contributed by atoms with Crippen molar-refractivity contribution in [2.45, 2.75) is 25.7 Å². The van der Waals surface area contributed by atoms with Crippen molar-refractivity contribution in [2.24, 2.45) is 65.1 Å². The van der Waals surface area contributed by atoms with Crippen LogP contribution in [0.2, 0.25) is 0 Å². The maximum atomic E-state index is 7.88. The van der Waals surface area contributed by atoms with Crippen LogP contribution in [0.15, 0.2) is 24.3 Å². The Morgan fingerprint density at radius 3 is 2.23 bits per heavy atom. The molecule has 1 radical (unpaired) electrons. The summed E-state index contributed by atoms with van der Waals surface area (Å²) in [7, 11) is 3.67. The third-order valence-electron chi connectivity index (χ3n) is 9.30. The second kappa shape index (κ2) is 9.60. The SMILES string of the molecule is [2H]P([B][3H])SOCC1CC([C@@H]2C(COC)[C@H]3C=C[C@@H]2C3)CC1[C@H]1C(COC)[C@@H]2C=C[C@H]1C2. The molecule has 0 heterocycles. The van der Waals surface area contributed by atoms with Crippen LogP contribution >= 0.6 is 19.3 Å². The molecule has 6 heteroatoms. The van der Waals surface area contributed by atoms with Gasteiger partial charge in [-0.3, -0.25) is 0 Å². The monoisotopic (exact) mass is 450 g/mol. The fourth-order valence-electron chi connectivity index (χ4n) is 8.44. The molecular weight excluding hydrogens is 410 g/mol. The van der Waals surface area contributed by atoms with Gasteiger partial charge in [0.05, 0.1) is 7.89 Å². The van der Waals surface area contributed by atoms with E-state index in [-0.39, 0.29) is 0 Å². The van der Waals surface area contributed by atoms with Crippen molar-refractivity contribution in [3.8, 4) is 0 Å². The molecule has 3 saturated carbocycles. The topological polar surface area (TPSA) is 27.7 Å². The van der Waals surface area contributed by atoms with E-state index in [1.165, 1.54) is 44.9 Å². The molecular formula is C24H37BO3PS. The van der Waals surface area contributed by atoms with E-state index in [9.17, 15) is 0 Å². The molecule has 0 N–H and O–H groups in total. The van der Waals surface area contributed by atoms with E-state index in [0.717, 1.165) is 37.6 Å². The molecule has 0 spiro atoms. The predicted molar refractivity (Wildman–Crippen MR) is 128 cm³/mol. The van der Waals surface area contributed by atoms with E-state index < -0.39 is 7.61 Å². The summed E-state index contributed by atoms with van der Waals surface area (Å²) in [5.74, 6) is 7.53. The van der Waals surface area contributed by atoms with Crippen LogP contribution in [0, 0.1) is 65.1 Å². The van der Waals surface area contributed by atoms with Crippen molar-refractivity contribution >= 4 is 26.8 Å². The minimum atomic E-state index is -1.25. The fraction of sp³-hybridized carbons (Fsp3) is 0.833. The first-order chi connectivity index (χ1) is 15.6. The lowest BCUT2D eigenvalue weighted by molar-refractivity contribution is 0.0664. The van der Waals surface area contributed by atoms with Crippen molar-refractivity contribution in [1.82, 2.24) is 0 Å². The van der Waals surface area contributed by atoms with Gasteiger partial charge in [0, 0.05) is 39.1 Å². The van der Waals surface area contributed by atoms with E-state index in [0.29, 0.717) is 47.3 Å². The number of fused-ring (bicyclic) bond motifs is 4. The fourth-order valence-corrected chi connectivity index (χ4v) is 9.10. The minimum Gasteiger partial charge on any atom is -0.384 e. The van der Waals surface area contributed by atoms with Crippen LogP contribution in [0.1, 0.15) is 25.7 Å². The lowest BCUT2D eigenvalue weighted by Gasteiger charge is -2.36. The molecule has 0 amide bonds. The van der Waals surface area contributed by atoms with Crippen LogP contribution in [0.5, 0.6) is 0 Å². The van der Waals surface area contributed by atoms with Crippen LogP contribution in [0.3, 0.4) is 0 Å². The summed E-state index contributed by atoms with van der Waals surface area (Å²) in [5.41, 5.74) is 0. The number of hydrogen-bond donors (Lipinski definition) is 0. The van der Waals surface area contributed by atoms with Gasteiger partial charge in [-0.15, -0.1) is 0 Å². The van der Waals surface area contributed by atoms with Gasteiger partial charge in [0.2, 0.25) is 0 Å². The number of rotatable bonds is 11. The van der Waals surface area contributed by atoms with Gasteiger partial charge in [0.15, 0.2) is 0 Å². The van der Waals surface area contributed by atoms with Gasteiger partial charge in [-0.25, -0.2) is 0 Å². The highest BCUT2D eigenvalue weighted by molar-refractivity contribution is 8.53. The highest BCUT2D eigenvalue weighted by atomic mass is 32.7. The normalized spacial score (nSPS) is 50.3. The summed E-state index contributed by atoms with van der Waals surface area (Å²) in [6, 6.07) is 0. The van der Waals surface area contributed by atoms with E-state index in [1.807, 2.05) is 14.2 Å². The second-order valence-corrected chi connectivity index (χ2v) is 12.1. The first-order valence-corrected chi connectivity index (χ1v) is 14.1. The van der Waals surface area contributed by atoms with Crippen LogP contribution in [0.25, 0.3) is 0 Å². The van der Waals surface area contributed by atoms with Gasteiger partial charge in [0.25, 0.3) is 0 Å². The largest absolute Gasteiger partial charge is 0.384 e. The Balaban J connectivity index is 1.34. The quantitative estimate of drug-likeness (QED) is 0.194. The van der Waals surface area contributed by atoms with Crippen LogP contribution in [0.4, 0.5) is 0 Å². The van der Waals surface area contributed by atoms with Crippen LogP contribution in [-0.4, -0.2) is 44.2 Å². The van der Waals surface area contributed by atoms with E-state index >= 15 is 0 Å². The van der Waals surface area contributed by atoms with Crippen molar-refractivity contribution in [3.63, 3.8) is 0 Å². The summed E-state index contributed by atoms with van der Waals surface area (Å²) in [6.07, 6.45) is 15.1. The summed E-state index contributed by atoms with van der Waals surface area (Å²) in [5, 5.41) is 0. The smallest absolute Gasteiger partial charge is 0.137 e. The number of allylic oxidation sites excluding steroid dienone is 4. The molecule has 30 heavy (non-hydrogen) atoms. The van der Waals surface area contributed by atoms with Crippen molar-refractivity contribution < 1.29 is 13.7 Å². The Bertz CT molecular complexity index is 715. The van der Waals surface area contributed by atoms with Gasteiger partial charge in [-0.1, -0.05) is 31.9 Å². The second-order valence-electron chi connectivity index (χ2n) is 10.4. The zero-order chi connectivity index (χ0) is 22.2. The Hall–Kier alpha value is 0.205. The average molecular weight is 450 g/mol. The Morgan fingerprint density at radius 1 is 0.933 bits per heavy atom. The molecule has 5 aliphatic carbocycles. The third-order valence-corrected chi connectivity index (χ3v) is 10.2. The van der Waals surface area contributed by atoms with Gasteiger partial charge >= 0.3 is 0 Å². The Labute approximate surface area is 192 Å². The van der Waals surface area contributed by atoms with Crippen molar-refractivity contribution in [1.29, 1.82) is 2.61 Å². The molecule has 12 atom stereocenters. The van der Waals surface area contributed by atoms with Gasteiger partial charge in [-0.05, 0) is 92.1 Å². The highest BCUT2D eigenvalue weighted by Crippen LogP contribution is 2.61. The Kier molecular flexibility index (Phi) is 6.29. The molecule has 4 bridgehead atoms. The lowest BCUT2D eigenvalue weighted by Crippen LogP contribution is -2.33. The molecule has 165 valence electrons. The summed E-state index contributed by atoms with van der Waals surface area (Å²) >= 11 is 1.21. The number of hydrogen-bond acceptors (Lipinski definition) is 4. The number of methoxy groups -OCH3 is 2. The van der Waals surface area contributed by atoms with E-state index in [2.05, 4.69) is 24.3 Å². The van der Waals surface area contributed by atoms with E-state index in [4.69, 9.17) is 16.3 Å². The molecule has 3 nitrogen and oxygen atoms in total. The van der Waals surface area contributed by atoms with Gasteiger partial charge < -0.3 is 13.7 Å². The molecule has 3 fully saturated rings. The standard InChI is InChI=1S/C24H37BO3PS/c1-26-12-21-14-3-5-16(7-14)23(21)18-9-19(11-28-30-29-25)20(10-18)24-17-6-4-15(8-17)22(24)13-27-2/h3-6,14-25,29H,7-13H2,1-2H3/t14-,15+,16+,17-,18?,19?,20?,21?,22?,23+,24-,29?/m0/s1/i25T,29D. The maximum absolute atomic E-state index is 7.88. The highest BCUT2D eigenvalue weighted by Gasteiger charge is 2.55. The number of ether oxygens (including phenoxy) is 2. The average Bonchev–Trinajstić information content (AvgIpc) is 3.60. The molecule has 5 aliphatic rings. The minimum absolute atomic E-state index is 0.546. The third kappa shape index (κ3) is 3.90. The Morgan fingerprint density at radius 2 is 1.57 bits per heavy atom. The van der Waals surface area contributed by atoms with Crippen LogP contribution < -0.4 is 0 Å². The molecule has 0 aromatic carbocycles. The maximum Gasteiger partial charge on any atom is 0.137 e. The summed E-state index contributed by atoms with van der Waals surface area (Å²) < 4.78 is 32.6. The van der Waals surface area contributed by atoms with E-state index in [1.54, 1.807) is 0 Å². The summed E-state index contributed by atoms with van der Waals surface area (Å²) in [4.78, 5) is 0. The molecule has 0 aliphatic heterocycles. The van der Waals surface area contributed by atoms with Gasteiger partial charge in [0.1, 0.15) is 7.53 Å². The van der Waals surface area contributed by atoms with Crippen molar-refractivity contribution in [2.75, 3.05) is 34.0 Å².